The molecule has 1 aromatic carbocycles. The molecule has 2 rings (SSSR count). The standard InChI is InChI=1S/C13H16ClNO3/c1-9(12(16)15-7-13(2,17)8-15)18-11-5-3-10(14)4-6-11/h3-6,9,17H,7-8H2,1-2H3. The van der Waals surface area contributed by atoms with E-state index in [1.165, 1.54) is 0 Å². The van der Waals surface area contributed by atoms with Crippen LogP contribution >= 0.6 is 11.6 Å². The molecule has 0 bridgehead atoms. The van der Waals surface area contributed by atoms with Crippen LogP contribution in [-0.2, 0) is 4.79 Å². The molecule has 1 heterocycles. The van der Waals surface area contributed by atoms with E-state index >= 15 is 0 Å². The van der Waals surface area contributed by atoms with Crippen LogP contribution in [0.2, 0.25) is 5.02 Å². The average molecular weight is 270 g/mol. The SMILES string of the molecule is CC(Oc1ccc(Cl)cc1)C(=O)N1CC(C)(O)C1. The van der Waals surface area contributed by atoms with Gasteiger partial charge < -0.3 is 14.7 Å². The quantitative estimate of drug-likeness (QED) is 0.909. The van der Waals surface area contributed by atoms with Gasteiger partial charge in [0.05, 0.1) is 18.7 Å². The van der Waals surface area contributed by atoms with Crippen LogP contribution in [-0.4, -0.2) is 40.7 Å². The van der Waals surface area contributed by atoms with Crippen LogP contribution in [0.25, 0.3) is 0 Å². The zero-order valence-electron chi connectivity index (χ0n) is 10.4. The minimum Gasteiger partial charge on any atom is -0.481 e. The van der Waals surface area contributed by atoms with Crippen LogP contribution in [0.15, 0.2) is 24.3 Å². The van der Waals surface area contributed by atoms with E-state index < -0.39 is 11.7 Å². The maximum Gasteiger partial charge on any atom is 0.263 e. The summed E-state index contributed by atoms with van der Waals surface area (Å²) in [5, 5.41) is 10.2. The van der Waals surface area contributed by atoms with Gasteiger partial charge in [0.1, 0.15) is 5.75 Å². The smallest absolute Gasteiger partial charge is 0.263 e. The number of β-amino-alcohol motifs (C(OH)–C–C–N with tert-alkyl or cyclic N) is 1. The first-order valence-electron chi connectivity index (χ1n) is 5.81. The van der Waals surface area contributed by atoms with Crippen molar-refractivity contribution < 1.29 is 14.6 Å². The number of hydrogen-bond donors (Lipinski definition) is 1. The van der Waals surface area contributed by atoms with E-state index in [0.717, 1.165) is 0 Å². The Morgan fingerprint density at radius 3 is 2.50 bits per heavy atom. The van der Waals surface area contributed by atoms with Crippen molar-refractivity contribution in [3.63, 3.8) is 0 Å². The summed E-state index contributed by atoms with van der Waals surface area (Å²) in [6.45, 7) is 4.13. The Bertz CT molecular complexity index is 436. The molecule has 98 valence electrons. The number of amides is 1. The van der Waals surface area contributed by atoms with Gasteiger partial charge in [-0.15, -0.1) is 0 Å². The molecule has 0 aliphatic carbocycles. The third kappa shape index (κ3) is 2.94. The number of rotatable bonds is 3. The fourth-order valence-electron chi connectivity index (χ4n) is 1.96. The summed E-state index contributed by atoms with van der Waals surface area (Å²) in [5.41, 5.74) is -0.754. The number of carbonyl (C=O) groups is 1. The van der Waals surface area contributed by atoms with Gasteiger partial charge in [-0.3, -0.25) is 4.79 Å². The number of benzene rings is 1. The Kier molecular flexibility index (Phi) is 3.50. The summed E-state index contributed by atoms with van der Waals surface area (Å²) in [6, 6.07) is 6.86. The Balaban J connectivity index is 1.90. The highest BCUT2D eigenvalue weighted by molar-refractivity contribution is 6.30. The van der Waals surface area contributed by atoms with Gasteiger partial charge >= 0.3 is 0 Å². The van der Waals surface area contributed by atoms with Crippen molar-refractivity contribution in [1.29, 1.82) is 0 Å². The molecule has 1 aromatic rings. The average Bonchev–Trinajstić information content (AvgIpc) is 2.28. The van der Waals surface area contributed by atoms with Crippen LogP contribution < -0.4 is 4.74 Å². The predicted molar refractivity (Wildman–Crippen MR) is 68.7 cm³/mol. The highest BCUT2D eigenvalue weighted by atomic mass is 35.5. The fraction of sp³-hybridized carbons (Fsp3) is 0.462. The molecule has 0 spiro atoms. The molecule has 1 aliphatic rings. The molecule has 4 nitrogen and oxygen atoms in total. The van der Waals surface area contributed by atoms with Gasteiger partial charge in [-0.05, 0) is 38.1 Å². The number of nitrogens with zero attached hydrogens (tertiary/aromatic N) is 1. The largest absolute Gasteiger partial charge is 0.481 e. The summed E-state index contributed by atoms with van der Waals surface area (Å²) in [4.78, 5) is 13.5. The number of carbonyl (C=O) groups excluding carboxylic acids is 1. The molecule has 1 aliphatic heterocycles. The fourth-order valence-corrected chi connectivity index (χ4v) is 2.08. The van der Waals surface area contributed by atoms with Crippen molar-refractivity contribution >= 4 is 17.5 Å². The predicted octanol–water partition coefficient (Wildman–Crippen LogP) is 1.70. The first-order chi connectivity index (χ1) is 8.37. The Morgan fingerprint density at radius 2 is 2.00 bits per heavy atom. The van der Waals surface area contributed by atoms with Gasteiger partial charge in [0, 0.05) is 5.02 Å². The van der Waals surface area contributed by atoms with E-state index in [2.05, 4.69) is 0 Å². The van der Waals surface area contributed by atoms with Crippen LogP contribution in [0.1, 0.15) is 13.8 Å². The number of halogens is 1. The molecule has 0 radical (unpaired) electrons. The third-order valence-electron chi connectivity index (χ3n) is 2.85. The molecular weight excluding hydrogens is 254 g/mol. The van der Waals surface area contributed by atoms with E-state index in [-0.39, 0.29) is 5.91 Å². The van der Waals surface area contributed by atoms with Crippen molar-refractivity contribution in [2.24, 2.45) is 0 Å². The van der Waals surface area contributed by atoms with E-state index in [1.807, 2.05) is 0 Å². The van der Waals surface area contributed by atoms with E-state index in [4.69, 9.17) is 16.3 Å². The van der Waals surface area contributed by atoms with Crippen molar-refractivity contribution in [2.45, 2.75) is 25.6 Å². The Morgan fingerprint density at radius 1 is 1.44 bits per heavy atom. The summed E-state index contributed by atoms with van der Waals surface area (Å²) < 4.78 is 5.52. The molecule has 1 unspecified atom stereocenters. The second-order valence-electron chi connectivity index (χ2n) is 4.91. The van der Waals surface area contributed by atoms with E-state index in [1.54, 1.807) is 43.0 Å². The zero-order chi connectivity index (χ0) is 13.3. The zero-order valence-corrected chi connectivity index (χ0v) is 11.1. The monoisotopic (exact) mass is 269 g/mol. The minimum atomic E-state index is -0.754. The lowest BCUT2D eigenvalue weighted by Crippen LogP contribution is -2.63. The highest BCUT2D eigenvalue weighted by Crippen LogP contribution is 2.22. The van der Waals surface area contributed by atoms with Crippen LogP contribution in [0, 0.1) is 0 Å². The molecule has 1 fully saturated rings. The number of ether oxygens (including phenoxy) is 1. The molecule has 1 N–H and O–H groups in total. The van der Waals surface area contributed by atoms with Gasteiger partial charge in [-0.25, -0.2) is 0 Å². The summed E-state index contributed by atoms with van der Waals surface area (Å²) in [7, 11) is 0. The molecule has 1 saturated heterocycles. The summed E-state index contributed by atoms with van der Waals surface area (Å²) in [6.07, 6.45) is -0.567. The van der Waals surface area contributed by atoms with Gasteiger partial charge in [-0.1, -0.05) is 11.6 Å². The van der Waals surface area contributed by atoms with Gasteiger partial charge in [0.25, 0.3) is 5.91 Å². The van der Waals surface area contributed by atoms with Gasteiger partial charge in [-0.2, -0.15) is 0 Å². The molecule has 1 amide bonds. The number of hydrogen-bond acceptors (Lipinski definition) is 3. The summed E-state index contributed by atoms with van der Waals surface area (Å²) in [5.74, 6) is 0.490. The van der Waals surface area contributed by atoms with E-state index in [0.29, 0.717) is 23.9 Å². The van der Waals surface area contributed by atoms with E-state index in [9.17, 15) is 9.90 Å². The molecule has 0 aromatic heterocycles. The Hall–Kier alpha value is -1.26. The van der Waals surface area contributed by atoms with Gasteiger partial charge in [0.2, 0.25) is 0 Å². The molecule has 5 heteroatoms. The molecule has 0 saturated carbocycles. The van der Waals surface area contributed by atoms with Crippen molar-refractivity contribution in [2.75, 3.05) is 13.1 Å². The normalized spacial score (nSPS) is 19.0. The van der Waals surface area contributed by atoms with Crippen molar-refractivity contribution in [3.05, 3.63) is 29.3 Å². The highest BCUT2D eigenvalue weighted by Gasteiger charge is 2.41. The molecule has 1 atom stereocenters. The lowest BCUT2D eigenvalue weighted by atomic mass is 9.96. The first kappa shape index (κ1) is 13.2. The number of aliphatic hydroxyl groups is 1. The number of likely N-dealkylation sites (tertiary alicyclic amines) is 1. The summed E-state index contributed by atoms with van der Waals surface area (Å²) >= 11 is 5.77. The maximum absolute atomic E-state index is 11.9. The van der Waals surface area contributed by atoms with Crippen LogP contribution in [0.3, 0.4) is 0 Å². The molecule has 18 heavy (non-hydrogen) atoms. The van der Waals surface area contributed by atoms with Crippen molar-refractivity contribution in [3.8, 4) is 5.75 Å². The first-order valence-corrected chi connectivity index (χ1v) is 6.19. The lowest BCUT2D eigenvalue weighted by Gasteiger charge is -2.44. The van der Waals surface area contributed by atoms with Crippen LogP contribution in [0.4, 0.5) is 0 Å². The maximum atomic E-state index is 11.9. The lowest BCUT2D eigenvalue weighted by molar-refractivity contribution is -0.158. The second kappa shape index (κ2) is 4.78. The minimum absolute atomic E-state index is 0.114. The molecular formula is C13H16ClNO3. The van der Waals surface area contributed by atoms with Crippen molar-refractivity contribution in [1.82, 2.24) is 4.90 Å². The topological polar surface area (TPSA) is 49.8 Å². The Labute approximate surface area is 111 Å². The van der Waals surface area contributed by atoms with Crippen LogP contribution in [0.5, 0.6) is 5.75 Å². The second-order valence-corrected chi connectivity index (χ2v) is 5.34. The third-order valence-corrected chi connectivity index (χ3v) is 3.10. The van der Waals surface area contributed by atoms with Gasteiger partial charge in [0.15, 0.2) is 6.10 Å².